The molecule has 1 aliphatic heterocycles. The van der Waals surface area contributed by atoms with Gasteiger partial charge in [-0.3, -0.25) is 9.59 Å². The molecule has 5 nitrogen and oxygen atoms in total. The molecule has 2 N–H and O–H groups in total. The normalized spacial score (nSPS) is 14.5. The van der Waals surface area contributed by atoms with E-state index in [-0.39, 0.29) is 23.3 Å². The Kier molecular flexibility index (Phi) is 7.58. The lowest BCUT2D eigenvalue weighted by Gasteiger charge is -2.32. The lowest BCUT2D eigenvalue weighted by Crippen LogP contribution is -2.32. The lowest BCUT2D eigenvalue weighted by molar-refractivity contribution is -0.114. The summed E-state index contributed by atoms with van der Waals surface area (Å²) in [5.74, 6) is 1.09. The summed E-state index contributed by atoms with van der Waals surface area (Å²) in [6.45, 7) is 6.49. The van der Waals surface area contributed by atoms with Crippen molar-refractivity contribution < 1.29 is 9.59 Å². The van der Waals surface area contributed by atoms with E-state index in [1.165, 1.54) is 30.3 Å². The molecule has 2 aromatic carbocycles. The molecular formula is C23H29N3O2S. The molecule has 1 saturated heterocycles. The molecule has 0 bridgehead atoms. The number of hydrogen-bond donors (Lipinski definition) is 2. The number of amides is 2. The highest BCUT2D eigenvalue weighted by molar-refractivity contribution is 8.00. The van der Waals surface area contributed by atoms with Crippen molar-refractivity contribution in [3.05, 3.63) is 54.1 Å². The summed E-state index contributed by atoms with van der Waals surface area (Å²) in [5.41, 5.74) is 3.91. The minimum Gasteiger partial charge on any atom is -0.372 e. The average Bonchev–Trinajstić information content (AvgIpc) is 2.71. The van der Waals surface area contributed by atoms with Crippen molar-refractivity contribution in [1.29, 1.82) is 0 Å². The molecule has 1 aliphatic rings. The Balaban J connectivity index is 1.38. The number of rotatable bonds is 7. The highest BCUT2D eigenvalue weighted by Gasteiger charge is 2.16. The first-order chi connectivity index (χ1) is 14.0. The number of piperidine rings is 1. The molecule has 2 amide bonds. The molecule has 3 rings (SSSR count). The van der Waals surface area contributed by atoms with Gasteiger partial charge < -0.3 is 15.5 Å². The molecule has 1 heterocycles. The van der Waals surface area contributed by atoms with Gasteiger partial charge in [0.15, 0.2) is 0 Å². The third-order valence-corrected chi connectivity index (χ3v) is 6.03. The van der Waals surface area contributed by atoms with Crippen LogP contribution in [0.2, 0.25) is 0 Å². The highest BCUT2D eigenvalue weighted by Crippen LogP contribution is 2.24. The van der Waals surface area contributed by atoms with E-state index in [1.807, 2.05) is 43.3 Å². The smallest absolute Gasteiger partial charge is 0.234 e. The summed E-state index contributed by atoms with van der Waals surface area (Å²) in [7, 11) is 0. The van der Waals surface area contributed by atoms with Gasteiger partial charge in [-0.2, -0.15) is 0 Å². The molecule has 1 fully saturated rings. The largest absolute Gasteiger partial charge is 0.372 e. The SMILES string of the molecule is Cc1ccc(NC(=O)CSCC(=O)Nc2ccc(N3CCC(C)CC3)cc2)cc1. The van der Waals surface area contributed by atoms with Crippen molar-refractivity contribution in [2.75, 3.05) is 40.1 Å². The van der Waals surface area contributed by atoms with E-state index < -0.39 is 0 Å². The predicted molar refractivity (Wildman–Crippen MR) is 123 cm³/mol. The van der Waals surface area contributed by atoms with Crippen molar-refractivity contribution in [2.45, 2.75) is 26.7 Å². The van der Waals surface area contributed by atoms with Gasteiger partial charge in [-0.1, -0.05) is 24.6 Å². The van der Waals surface area contributed by atoms with E-state index in [2.05, 4.69) is 34.6 Å². The zero-order chi connectivity index (χ0) is 20.6. The van der Waals surface area contributed by atoms with Crippen LogP contribution in [0.1, 0.15) is 25.3 Å². The number of benzene rings is 2. The van der Waals surface area contributed by atoms with Crippen LogP contribution in [0.15, 0.2) is 48.5 Å². The maximum Gasteiger partial charge on any atom is 0.234 e. The summed E-state index contributed by atoms with van der Waals surface area (Å²) in [5, 5.41) is 5.74. The van der Waals surface area contributed by atoms with E-state index in [4.69, 9.17) is 0 Å². The molecule has 2 aromatic rings. The number of carbonyl (C=O) groups excluding carboxylic acids is 2. The Morgan fingerprint density at radius 1 is 0.897 bits per heavy atom. The van der Waals surface area contributed by atoms with Gasteiger partial charge in [0.2, 0.25) is 11.8 Å². The number of anilines is 3. The van der Waals surface area contributed by atoms with Gasteiger partial charge in [-0.05, 0) is 62.1 Å². The Labute approximate surface area is 177 Å². The van der Waals surface area contributed by atoms with Gasteiger partial charge in [0.05, 0.1) is 11.5 Å². The van der Waals surface area contributed by atoms with Gasteiger partial charge in [0, 0.05) is 30.2 Å². The van der Waals surface area contributed by atoms with Crippen LogP contribution in [-0.4, -0.2) is 36.4 Å². The molecular weight excluding hydrogens is 382 g/mol. The molecule has 0 spiro atoms. The van der Waals surface area contributed by atoms with E-state index in [1.54, 1.807) is 0 Å². The first kappa shape index (κ1) is 21.2. The van der Waals surface area contributed by atoms with Crippen molar-refractivity contribution in [1.82, 2.24) is 0 Å². The van der Waals surface area contributed by atoms with E-state index in [0.717, 1.165) is 35.9 Å². The molecule has 29 heavy (non-hydrogen) atoms. The second-order valence-electron chi connectivity index (χ2n) is 7.67. The fourth-order valence-electron chi connectivity index (χ4n) is 3.29. The number of hydrogen-bond acceptors (Lipinski definition) is 4. The van der Waals surface area contributed by atoms with Crippen LogP contribution >= 0.6 is 11.8 Å². The van der Waals surface area contributed by atoms with Gasteiger partial charge >= 0.3 is 0 Å². The van der Waals surface area contributed by atoms with E-state index in [0.29, 0.717) is 0 Å². The summed E-state index contributed by atoms with van der Waals surface area (Å²) in [4.78, 5) is 26.5. The maximum absolute atomic E-state index is 12.1. The minimum absolute atomic E-state index is 0.0994. The van der Waals surface area contributed by atoms with Gasteiger partial charge in [-0.25, -0.2) is 0 Å². The van der Waals surface area contributed by atoms with Crippen molar-refractivity contribution in [2.24, 2.45) is 5.92 Å². The molecule has 0 saturated carbocycles. The molecule has 0 radical (unpaired) electrons. The van der Waals surface area contributed by atoms with Crippen LogP contribution in [0.5, 0.6) is 0 Å². The van der Waals surface area contributed by atoms with Crippen molar-refractivity contribution in [3.63, 3.8) is 0 Å². The predicted octanol–water partition coefficient (Wildman–Crippen LogP) is 4.54. The van der Waals surface area contributed by atoms with Crippen LogP contribution in [0, 0.1) is 12.8 Å². The molecule has 0 aliphatic carbocycles. The fraction of sp³-hybridized carbons (Fsp3) is 0.391. The first-order valence-electron chi connectivity index (χ1n) is 10.1. The van der Waals surface area contributed by atoms with Gasteiger partial charge in [-0.15, -0.1) is 11.8 Å². The molecule has 0 unspecified atom stereocenters. The Bertz CT molecular complexity index is 813. The average molecular weight is 412 g/mol. The minimum atomic E-state index is -0.105. The summed E-state index contributed by atoms with van der Waals surface area (Å²) < 4.78 is 0. The summed E-state index contributed by atoms with van der Waals surface area (Å²) in [6, 6.07) is 15.7. The standard InChI is InChI=1S/C23H29N3O2S/c1-17-3-5-19(6-4-17)24-22(27)15-29-16-23(28)25-20-7-9-21(10-8-20)26-13-11-18(2)12-14-26/h3-10,18H,11-16H2,1-2H3,(H,24,27)(H,25,28). The zero-order valence-electron chi connectivity index (χ0n) is 17.1. The number of nitrogens with zero attached hydrogens (tertiary/aromatic N) is 1. The third-order valence-electron chi connectivity index (χ3n) is 5.10. The number of nitrogens with one attached hydrogen (secondary N) is 2. The second-order valence-corrected chi connectivity index (χ2v) is 8.66. The van der Waals surface area contributed by atoms with Crippen LogP contribution in [0.25, 0.3) is 0 Å². The number of aryl methyl sites for hydroxylation is 1. The lowest BCUT2D eigenvalue weighted by atomic mass is 9.99. The number of thioether (sulfide) groups is 1. The quantitative estimate of drug-likeness (QED) is 0.702. The highest BCUT2D eigenvalue weighted by atomic mass is 32.2. The second kappa shape index (κ2) is 10.3. The Morgan fingerprint density at radius 2 is 1.38 bits per heavy atom. The van der Waals surface area contributed by atoms with Crippen LogP contribution in [-0.2, 0) is 9.59 Å². The van der Waals surface area contributed by atoms with E-state index >= 15 is 0 Å². The van der Waals surface area contributed by atoms with Crippen molar-refractivity contribution >= 4 is 40.6 Å². The fourth-order valence-corrected chi connectivity index (χ4v) is 3.91. The molecule has 0 aromatic heterocycles. The molecule has 0 atom stereocenters. The monoisotopic (exact) mass is 411 g/mol. The summed E-state index contributed by atoms with van der Waals surface area (Å²) in [6.07, 6.45) is 2.46. The zero-order valence-corrected chi connectivity index (χ0v) is 17.9. The first-order valence-corrected chi connectivity index (χ1v) is 11.2. The Hall–Kier alpha value is -2.47. The van der Waals surface area contributed by atoms with Crippen LogP contribution in [0.3, 0.4) is 0 Å². The number of carbonyl (C=O) groups is 2. The van der Waals surface area contributed by atoms with Gasteiger partial charge in [0.1, 0.15) is 0 Å². The maximum atomic E-state index is 12.1. The molecule has 154 valence electrons. The van der Waals surface area contributed by atoms with Crippen LogP contribution < -0.4 is 15.5 Å². The van der Waals surface area contributed by atoms with Gasteiger partial charge in [0.25, 0.3) is 0 Å². The molecule has 6 heteroatoms. The van der Waals surface area contributed by atoms with E-state index in [9.17, 15) is 9.59 Å². The van der Waals surface area contributed by atoms with Crippen LogP contribution in [0.4, 0.5) is 17.1 Å². The Morgan fingerprint density at radius 3 is 1.90 bits per heavy atom. The topological polar surface area (TPSA) is 61.4 Å². The summed E-state index contributed by atoms with van der Waals surface area (Å²) >= 11 is 1.30. The van der Waals surface area contributed by atoms with Crippen molar-refractivity contribution in [3.8, 4) is 0 Å². The third kappa shape index (κ3) is 6.82.